The lowest BCUT2D eigenvalue weighted by Crippen LogP contribution is -2.41. The summed E-state index contributed by atoms with van der Waals surface area (Å²) < 4.78 is 20.5. The summed E-state index contributed by atoms with van der Waals surface area (Å²) in [7, 11) is 0. The Balaban J connectivity index is 0.000000339. The molecule has 2 aliphatic rings. The van der Waals surface area contributed by atoms with Crippen molar-refractivity contribution in [2.45, 2.75) is 96.1 Å². The summed E-state index contributed by atoms with van der Waals surface area (Å²) in [5.41, 5.74) is 0. The predicted octanol–water partition coefficient (Wildman–Crippen LogP) is 3.27. The zero-order chi connectivity index (χ0) is 24.1. The molecule has 0 saturated heterocycles. The molecule has 2 fully saturated rings. The number of carbonyl (C=O) groups is 3. The number of carboxylic acid groups (broad SMARTS) is 2. The molecule has 0 radical (unpaired) electrons. The highest BCUT2D eigenvalue weighted by Gasteiger charge is 2.20. The third kappa shape index (κ3) is 12.1. The summed E-state index contributed by atoms with van der Waals surface area (Å²) in [6, 6.07) is 0.382. The number of amides is 1. The van der Waals surface area contributed by atoms with Gasteiger partial charge in [-0.3, -0.25) is 9.59 Å². The fourth-order valence-corrected chi connectivity index (χ4v) is 4.73. The Morgan fingerprint density at radius 3 is 1.86 bits per heavy atom. The summed E-state index contributed by atoms with van der Waals surface area (Å²) in [5.74, 6) is -4.30. The number of nitrogens with one attached hydrogen (secondary N) is 2. The Morgan fingerprint density at radius 1 is 0.931 bits per heavy atom. The van der Waals surface area contributed by atoms with Crippen LogP contribution < -0.4 is 10.6 Å². The van der Waals surface area contributed by atoms with E-state index in [0.717, 1.165) is 23.8 Å². The molecule has 8 heteroatoms. The van der Waals surface area contributed by atoms with Gasteiger partial charge in [-0.2, -0.15) is 11.8 Å². The quantitative estimate of drug-likeness (QED) is 0.441. The van der Waals surface area contributed by atoms with E-state index in [1.807, 2.05) is 5.32 Å². The molecule has 2 rings (SSSR count). The van der Waals surface area contributed by atoms with Gasteiger partial charge in [-0.1, -0.05) is 45.4 Å². The van der Waals surface area contributed by atoms with Crippen LogP contribution >= 0.6 is 11.8 Å². The van der Waals surface area contributed by atoms with Gasteiger partial charge >= 0.3 is 11.9 Å². The number of hydrogen-bond acceptors (Lipinski definition) is 5. The van der Waals surface area contributed by atoms with Gasteiger partial charge in [0, 0.05) is 34.6 Å². The van der Waals surface area contributed by atoms with Crippen LogP contribution in [-0.4, -0.2) is 57.7 Å². The van der Waals surface area contributed by atoms with Crippen LogP contribution in [0.15, 0.2) is 0 Å². The van der Waals surface area contributed by atoms with E-state index in [1.54, 1.807) is 0 Å². The molecule has 0 heterocycles. The van der Waals surface area contributed by atoms with Crippen LogP contribution in [0, 0.1) is 5.92 Å². The van der Waals surface area contributed by atoms with Gasteiger partial charge in [-0.05, 0) is 25.7 Å². The molecule has 0 aromatic heterocycles. The SMILES string of the molecule is C1CCC(NC2CCCCC2)CC1.[2H]C([2H])([2H])C(=O)N[C@@H](CSCC(C)C(=O)O)C(=O)O. The first kappa shape index (κ1) is 21.0. The van der Waals surface area contributed by atoms with Crippen LogP contribution in [0.3, 0.4) is 0 Å². The van der Waals surface area contributed by atoms with Gasteiger partial charge in [-0.15, -0.1) is 0 Å². The number of rotatable bonds is 9. The highest BCUT2D eigenvalue weighted by atomic mass is 32.2. The molecule has 1 amide bonds. The topological polar surface area (TPSA) is 116 Å². The monoisotopic (exact) mass is 433 g/mol. The second-order valence-electron chi connectivity index (χ2n) is 7.98. The lowest BCUT2D eigenvalue weighted by atomic mass is 9.91. The van der Waals surface area contributed by atoms with Gasteiger partial charge in [0.25, 0.3) is 0 Å². The van der Waals surface area contributed by atoms with Gasteiger partial charge < -0.3 is 20.8 Å². The van der Waals surface area contributed by atoms with Crippen molar-refractivity contribution in [1.29, 1.82) is 0 Å². The Hall–Kier alpha value is -1.28. The van der Waals surface area contributed by atoms with Crippen molar-refractivity contribution in [3.63, 3.8) is 0 Å². The Bertz CT molecular complexity index is 578. The van der Waals surface area contributed by atoms with Crippen molar-refractivity contribution in [1.82, 2.24) is 10.6 Å². The smallest absolute Gasteiger partial charge is 0.327 e. The maximum atomic E-state index is 11.1. The third-order valence-electron chi connectivity index (χ3n) is 5.36. The predicted molar refractivity (Wildman–Crippen MR) is 116 cm³/mol. The first-order valence-corrected chi connectivity index (χ1v) is 11.8. The van der Waals surface area contributed by atoms with Crippen molar-refractivity contribution in [2.75, 3.05) is 11.5 Å². The molecule has 168 valence electrons. The second kappa shape index (κ2) is 14.7. The van der Waals surface area contributed by atoms with E-state index in [1.165, 1.54) is 71.1 Å². The minimum atomic E-state index is -2.91. The maximum Gasteiger partial charge on any atom is 0.327 e. The molecule has 2 atom stereocenters. The summed E-state index contributed by atoms with van der Waals surface area (Å²) >= 11 is 1.02. The number of hydrogen-bond donors (Lipinski definition) is 4. The van der Waals surface area contributed by atoms with Crippen molar-refractivity contribution >= 4 is 29.6 Å². The molecule has 1 unspecified atom stereocenters. The summed E-state index contributed by atoms with van der Waals surface area (Å²) in [4.78, 5) is 32.5. The molecule has 29 heavy (non-hydrogen) atoms. The average molecular weight is 434 g/mol. The van der Waals surface area contributed by atoms with Crippen molar-refractivity contribution in [3.05, 3.63) is 0 Å². The van der Waals surface area contributed by atoms with Gasteiger partial charge in [0.15, 0.2) is 0 Å². The Labute approximate surface area is 183 Å². The second-order valence-corrected chi connectivity index (χ2v) is 9.05. The summed E-state index contributed by atoms with van der Waals surface area (Å²) in [5, 5.41) is 23.2. The van der Waals surface area contributed by atoms with Crippen LogP contribution in [0.2, 0.25) is 0 Å². The molecule has 0 bridgehead atoms. The van der Waals surface area contributed by atoms with E-state index in [2.05, 4.69) is 5.32 Å². The Kier molecular flexibility index (Phi) is 10.6. The standard InChI is InChI=1S/C12H23N.C9H15NO5S/c1-3-7-11(8-4-1)13-12-9-5-2-6-10-12;1-5(8(12)13)3-16-4-7(9(14)15)10-6(2)11/h11-13H,1-10H2;5,7H,3-4H2,1-2H3,(H,10,11)(H,12,13)(H,14,15)/t;5?,7-/m.0/s1/i;2D3. The average Bonchev–Trinajstić information content (AvgIpc) is 2.73. The Morgan fingerprint density at radius 2 is 1.45 bits per heavy atom. The minimum absolute atomic E-state index is 0.102. The normalized spacial score (nSPS) is 22.0. The molecule has 2 aliphatic carbocycles. The molecular weight excluding hydrogens is 392 g/mol. The third-order valence-corrected chi connectivity index (χ3v) is 6.66. The van der Waals surface area contributed by atoms with E-state index in [0.29, 0.717) is 0 Å². The van der Waals surface area contributed by atoms with Gasteiger partial charge in [-0.25, -0.2) is 4.79 Å². The summed E-state index contributed by atoms with van der Waals surface area (Å²) in [6.07, 6.45) is 14.6. The van der Waals surface area contributed by atoms with Crippen LogP contribution in [-0.2, 0) is 14.4 Å². The minimum Gasteiger partial charge on any atom is -0.481 e. The molecule has 7 nitrogen and oxygen atoms in total. The largest absolute Gasteiger partial charge is 0.481 e. The fourth-order valence-electron chi connectivity index (χ4n) is 3.64. The lowest BCUT2D eigenvalue weighted by Gasteiger charge is -2.30. The van der Waals surface area contributed by atoms with E-state index < -0.39 is 36.7 Å². The first-order valence-electron chi connectivity index (χ1n) is 12.1. The van der Waals surface area contributed by atoms with E-state index >= 15 is 0 Å². The number of thioether (sulfide) groups is 1. The molecular formula is C21H38N2O5S. The first-order chi connectivity index (χ1) is 15.0. The van der Waals surface area contributed by atoms with Crippen LogP contribution in [0.4, 0.5) is 0 Å². The number of aliphatic carboxylic acids is 2. The zero-order valence-corrected chi connectivity index (χ0v) is 18.1. The van der Waals surface area contributed by atoms with Gasteiger partial charge in [0.05, 0.1) is 5.92 Å². The highest BCUT2D eigenvalue weighted by Crippen LogP contribution is 2.22. The molecule has 0 aliphatic heterocycles. The van der Waals surface area contributed by atoms with Crippen LogP contribution in [0.5, 0.6) is 0 Å². The van der Waals surface area contributed by atoms with Crippen LogP contribution in [0.25, 0.3) is 0 Å². The number of carboxylic acids is 2. The van der Waals surface area contributed by atoms with Gasteiger partial charge in [0.2, 0.25) is 5.91 Å². The summed E-state index contributed by atoms with van der Waals surface area (Å²) in [6.45, 7) is -1.45. The fraction of sp³-hybridized carbons (Fsp3) is 0.857. The van der Waals surface area contributed by atoms with E-state index in [9.17, 15) is 14.4 Å². The maximum absolute atomic E-state index is 11.1. The van der Waals surface area contributed by atoms with Crippen molar-refractivity contribution in [3.8, 4) is 0 Å². The molecule has 2 saturated carbocycles. The lowest BCUT2D eigenvalue weighted by molar-refractivity contribution is -0.141. The zero-order valence-electron chi connectivity index (χ0n) is 20.3. The van der Waals surface area contributed by atoms with Crippen molar-refractivity contribution < 1.29 is 28.7 Å². The molecule has 4 N–H and O–H groups in total. The van der Waals surface area contributed by atoms with E-state index in [4.69, 9.17) is 14.3 Å². The van der Waals surface area contributed by atoms with Crippen LogP contribution in [0.1, 0.15) is 82.1 Å². The highest BCUT2D eigenvalue weighted by molar-refractivity contribution is 7.99. The molecule has 0 aromatic carbocycles. The number of carbonyl (C=O) groups excluding carboxylic acids is 1. The van der Waals surface area contributed by atoms with Crippen molar-refractivity contribution in [2.24, 2.45) is 5.92 Å². The van der Waals surface area contributed by atoms with E-state index in [-0.39, 0.29) is 11.5 Å². The molecule has 0 spiro atoms. The van der Waals surface area contributed by atoms with Gasteiger partial charge in [0.1, 0.15) is 6.04 Å². The molecule has 0 aromatic rings.